The van der Waals surface area contributed by atoms with Crippen LogP contribution in [0.1, 0.15) is 36.5 Å². The highest BCUT2D eigenvalue weighted by atomic mass is 16.2. The number of amides is 1. The molecular weight excluding hydrogens is 254 g/mol. The third-order valence-corrected chi connectivity index (χ3v) is 3.80. The minimum Gasteiger partial charge on any atom is -0.398 e. The first-order chi connectivity index (χ1) is 9.54. The monoisotopic (exact) mass is 275 g/mol. The van der Waals surface area contributed by atoms with Crippen molar-refractivity contribution in [3.8, 4) is 0 Å². The van der Waals surface area contributed by atoms with Crippen LogP contribution in [-0.4, -0.2) is 31.3 Å². The van der Waals surface area contributed by atoms with Gasteiger partial charge in [0.25, 0.3) is 0 Å². The Hall–Kier alpha value is -2.04. The number of nitrogens with zero attached hydrogens (tertiary/aromatic N) is 1. The maximum atomic E-state index is 12.0. The maximum Gasteiger partial charge on any atom is 0.242 e. The van der Waals surface area contributed by atoms with Gasteiger partial charge in [-0.3, -0.25) is 9.59 Å². The first kappa shape index (κ1) is 14.4. The maximum absolute atomic E-state index is 12.0. The Labute approximate surface area is 119 Å². The molecule has 108 valence electrons. The van der Waals surface area contributed by atoms with E-state index >= 15 is 0 Å². The van der Waals surface area contributed by atoms with Crippen LogP contribution in [0, 0.1) is 0 Å². The molecule has 0 aliphatic carbocycles. The third kappa shape index (κ3) is 2.76. The van der Waals surface area contributed by atoms with Gasteiger partial charge in [0, 0.05) is 30.5 Å². The van der Waals surface area contributed by atoms with Gasteiger partial charge in [0.05, 0.1) is 0 Å². The summed E-state index contributed by atoms with van der Waals surface area (Å²) in [5.74, 6) is -0.0190. The number of benzene rings is 1. The Bertz CT molecular complexity index is 528. The fraction of sp³-hybridized carbons (Fsp3) is 0.467. The normalized spacial score (nSPS) is 18.7. The lowest BCUT2D eigenvalue weighted by molar-refractivity contribution is -0.122. The molecule has 0 saturated carbocycles. The first-order valence-corrected chi connectivity index (χ1v) is 6.93. The molecule has 1 aromatic carbocycles. The fourth-order valence-electron chi connectivity index (χ4n) is 2.73. The molecule has 0 bridgehead atoms. The quantitative estimate of drug-likeness (QED) is 0.648. The number of rotatable bonds is 3. The van der Waals surface area contributed by atoms with Crippen molar-refractivity contribution in [1.82, 2.24) is 5.32 Å². The zero-order valence-corrected chi connectivity index (χ0v) is 12.0. The molecule has 1 unspecified atom stereocenters. The molecule has 1 amide bonds. The largest absolute Gasteiger partial charge is 0.398 e. The van der Waals surface area contributed by atoms with Crippen molar-refractivity contribution in [3.63, 3.8) is 0 Å². The highest BCUT2D eigenvalue weighted by molar-refractivity contribution is 5.99. The third-order valence-electron chi connectivity index (χ3n) is 3.80. The molecule has 0 spiro atoms. The summed E-state index contributed by atoms with van der Waals surface area (Å²) in [6, 6.07) is 5.24. The zero-order valence-electron chi connectivity index (χ0n) is 12.0. The summed E-state index contributed by atoms with van der Waals surface area (Å²) < 4.78 is 0. The van der Waals surface area contributed by atoms with Crippen molar-refractivity contribution in [2.45, 2.75) is 32.2 Å². The number of nitrogens with one attached hydrogen (secondary N) is 1. The summed E-state index contributed by atoms with van der Waals surface area (Å²) in [6.07, 6.45) is 2.95. The van der Waals surface area contributed by atoms with Crippen LogP contribution in [0.2, 0.25) is 0 Å². The lowest BCUT2D eigenvalue weighted by atomic mass is 9.99. The molecule has 5 heteroatoms. The summed E-state index contributed by atoms with van der Waals surface area (Å²) in [5.41, 5.74) is 7.84. The summed E-state index contributed by atoms with van der Waals surface area (Å²) in [6.45, 7) is 2.33. The van der Waals surface area contributed by atoms with E-state index in [0.717, 1.165) is 31.5 Å². The summed E-state index contributed by atoms with van der Waals surface area (Å²) >= 11 is 0. The van der Waals surface area contributed by atoms with E-state index in [9.17, 15) is 9.59 Å². The van der Waals surface area contributed by atoms with Crippen LogP contribution >= 0.6 is 0 Å². The Balaban J connectivity index is 2.31. The average Bonchev–Trinajstić information content (AvgIpc) is 2.46. The molecule has 1 saturated heterocycles. The summed E-state index contributed by atoms with van der Waals surface area (Å²) in [4.78, 5) is 25.5. The second-order valence-corrected chi connectivity index (χ2v) is 5.15. The standard InChI is InChI=1S/C15H21N3O2/c1-10(19)12-7-6-11(9-13(12)16)18-8-4-3-5-14(18)15(20)17-2/h6-7,9,14H,3-5,8,16H2,1-2H3,(H,17,20). The van der Waals surface area contributed by atoms with Crippen LogP contribution in [0.5, 0.6) is 0 Å². The van der Waals surface area contributed by atoms with Crippen LogP contribution in [0.4, 0.5) is 11.4 Å². The molecule has 1 aromatic rings. The van der Waals surface area contributed by atoms with E-state index in [0.29, 0.717) is 11.3 Å². The van der Waals surface area contributed by atoms with Crippen molar-refractivity contribution in [2.75, 3.05) is 24.2 Å². The van der Waals surface area contributed by atoms with Crippen LogP contribution in [-0.2, 0) is 4.79 Å². The van der Waals surface area contributed by atoms with E-state index in [1.54, 1.807) is 19.2 Å². The molecule has 1 fully saturated rings. The summed E-state index contributed by atoms with van der Waals surface area (Å²) in [5, 5.41) is 2.71. The number of hydrogen-bond acceptors (Lipinski definition) is 4. The number of anilines is 2. The predicted molar refractivity (Wildman–Crippen MR) is 79.9 cm³/mol. The fourth-order valence-corrected chi connectivity index (χ4v) is 2.73. The molecule has 3 N–H and O–H groups in total. The van der Waals surface area contributed by atoms with E-state index in [4.69, 9.17) is 5.73 Å². The van der Waals surface area contributed by atoms with Gasteiger partial charge in [0.1, 0.15) is 6.04 Å². The van der Waals surface area contributed by atoms with Gasteiger partial charge in [0.15, 0.2) is 5.78 Å². The molecule has 1 aliphatic heterocycles. The molecule has 1 heterocycles. The number of nitrogen functional groups attached to an aromatic ring is 1. The molecule has 0 aromatic heterocycles. The Morgan fingerprint density at radius 3 is 2.70 bits per heavy atom. The second-order valence-electron chi connectivity index (χ2n) is 5.15. The predicted octanol–water partition coefficient (Wildman–Crippen LogP) is 1.58. The minimum atomic E-state index is -0.156. The van der Waals surface area contributed by atoms with E-state index in [-0.39, 0.29) is 17.7 Å². The van der Waals surface area contributed by atoms with Crippen molar-refractivity contribution >= 4 is 23.1 Å². The average molecular weight is 275 g/mol. The van der Waals surface area contributed by atoms with Crippen LogP contribution in [0.15, 0.2) is 18.2 Å². The van der Waals surface area contributed by atoms with Crippen molar-refractivity contribution in [1.29, 1.82) is 0 Å². The number of ketones is 1. The van der Waals surface area contributed by atoms with E-state index in [1.807, 2.05) is 6.07 Å². The van der Waals surface area contributed by atoms with Gasteiger partial charge in [-0.05, 0) is 44.4 Å². The van der Waals surface area contributed by atoms with Crippen LogP contribution < -0.4 is 16.0 Å². The molecular formula is C15H21N3O2. The van der Waals surface area contributed by atoms with Crippen molar-refractivity contribution in [3.05, 3.63) is 23.8 Å². The molecule has 20 heavy (non-hydrogen) atoms. The van der Waals surface area contributed by atoms with Gasteiger partial charge >= 0.3 is 0 Å². The number of hydrogen-bond donors (Lipinski definition) is 2. The molecule has 5 nitrogen and oxygen atoms in total. The molecule has 2 rings (SSSR count). The molecule has 0 radical (unpaired) electrons. The van der Waals surface area contributed by atoms with Gasteiger partial charge < -0.3 is 16.0 Å². The van der Waals surface area contributed by atoms with Crippen LogP contribution in [0.3, 0.4) is 0 Å². The highest BCUT2D eigenvalue weighted by Gasteiger charge is 2.28. The van der Waals surface area contributed by atoms with E-state index < -0.39 is 0 Å². The number of Topliss-reactive ketones (excluding diaryl/α,β-unsaturated/α-hetero) is 1. The minimum absolute atomic E-state index is 0.0268. The number of likely N-dealkylation sites (N-methyl/N-ethyl adjacent to an activating group) is 1. The van der Waals surface area contributed by atoms with Gasteiger partial charge in [-0.2, -0.15) is 0 Å². The SMILES string of the molecule is CNC(=O)C1CCCCN1c1ccc(C(C)=O)c(N)c1. The van der Waals surface area contributed by atoms with Crippen molar-refractivity contribution in [2.24, 2.45) is 0 Å². The lowest BCUT2D eigenvalue weighted by Crippen LogP contribution is -2.48. The van der Waals surface area contributed by atoms with Gasteiger partial charge in [-0.15, -0.1) is 0 Å². The van der Waals surface area contributed by atoms with Crippen molar-refractivity contribution < 1.29 is 9.59 Å². The smallest absolute Gasteiger partial charge is 0.242 e. The number of nitrogens with two attached hydrogens (primary N) is 1. The number of piperidine rings is 1. The Morgan fingerprint density at radius 2 is 2.10 bits per heavy atom. The summed E-state index contributed by atoms with van der Waals surface area (Å²) in [7, 11) is 1.66. The van der Waals surface area contributed by atoms with E-state index in [1.165, 1.54) is 6.92 Å². The van der Waals surface area contributed by atoms with E-state index in [2.05, 4.69) is 10.2 Å². The highest BCUT2D eigenvalue weighted by Crippen LogP contribution is 2.28. The molecule has 1 aliphatic rings. The van der Waals surface area contributed by atoms with Crippen LogP contribution in [0.25, 0.3) is 0 Å². The van der Waals surface area contributed by atoms with Gasteiger partial charge in [-0.25, -0.2) is 0 Å². The van der Waals surface area contributed by atoms with Gasteiger partial charge in [-0.1, -0.05) is 0 Å². The Kier molecular flexibility index (Phi) is 4.27. The Morgan fingerprint density at radius 1 is 1.35 bits per heavy atom. The number of carbonyl (C=O) groups excluding carboxylic acids is 2. The number of carbonyl (C=O) groups is 2. The second kappa shape index (κ2) is 5.94. The zero-order chi connectivity index (χ0) is 14.7. The van der Waals surface area contributed by atoms with Gasteiger partial charge in [0.2, 0.25) is 5.91 Å². The molecule has 1 atom stereocenters. The lowest BCUT2D eigenvalue weighted by Gasteiger charge is -2.36. The topological polar surface area (TPSA) is 75.4 Å². The first-order valence-electron chi connectivity index (χ1n) is 6.93.